The Morgan fingerprint density at radius 3 is 2.53 bits per heavy atom. The van der Waals surface area contributed by atoms with Crippen LogP contribution >= 0.6 is 11.8 Å². The highest BCUT2D eigenvalue weighted by atomic mass is 32.2. The molecule has 0 amide bonds. The van der Waals surface area contributed by atoms with Gasteiger partial charge in [0.1, 0.15) is 0 Å². The highest BCUT2D eigenvalue weighted by Crippen LogP contribution is 2.02. The van der Waals surface area contributed by atoms with Crippen LogP contribution in [0.15, 0.2) is 0 Å². The van der Waals surface area contributed by atoms with Crippen LogP contribution in [-0.4, -0.2) is 62.7 Å². The van der Waals surface area contributed by atoms with E-state index in [1.54, 1.807) is 7.11 Å². The topological polar surface area (TPSA) is 50.7 Å². The van der Waals surface area contributed by atoms with Crippen molar-refractivity contribution in [1.29, 1.82) is 0 Å². The normalized spacial score (nSPS) is 16.8. The quantitative estimate of drug-likeness (QED) is 0.583. The first kappa shape index (κ1) is 17.2. The second-order valence-electron chi connectivity index (χ2n) is 4.47. The molecule has 0 aromatic carbocycles. The van der Waals surface area contributed by atoms with Gasteiger partial charge in [-0.15, -0.1) is 0 Å². The van der Waals surface area contributed by atoms with E-state index in [4.69, 9.17) is 9.47 Å². The zero-order chi connectivity index (χ0) is 13.1. The standard InChI is InChI=1S/C12H27NO3S/c1-10(9-17-4)5-13-6-12(14)8-16-11(2)7-15-3/h10-14H,5-9H2,1-4H3. The minimum Gasteiger partial charge on any atom is -0.389 e. The number of aliphatic hydroxyl groups is 1. The maximum absolute atomic E-state index is 9.68. The molecule has 2 N–H and O–H groups in total. The molecule has 3 atom stereocenters. The van der Waals surface area contributed by atoms with Crippen LogP contribution in [0.4, 0.5) is 0 Å². The Morgan fingerprint density at radius 1 is 1.24 bits per heavy atom. The van der Waals surface area contributed by atoms with E-state index in [1.807, 2.05) is 18.7 Å². The fourth-order valence-electron chi connectivity index (χ4n) is 1.46. The Labute approximate surface area is 109 Å². The summed E-state index contributed by atoms with van der Waals surface area (Å²) in [5.74, 6) is 1.77. The Balaban J connectivity index is 3.42. The number of aliphatic hydroxyl groups excluding tert-OH is 1. The molecule has 104 valence electrons. The maximum Gasteiger partial charge on any atom is 0.0897 e. The highest BCUT2D eigenvalue weighted by Gasteiger charge is 2.08. The molecule has 0 spiro atoms. The van der Waals surface area contributed by atoms with Crippen molar-refractivity contribution in [2.75, 3.05) is 45.4 Å². The largest absolute Gasteiger partial charge is 0.389 e. The summed E-state index contributed by atoms with van der Waals surface area (Å²) in [5, 5.41) is 12.9. The summed E-state index contributed by atoms with van der Waals surface area (Å²) in [5.41, 5.74) is 0. The molecular weight excluding hydrogens is 238 g/mol. The van der Waals surface area contributed by atoms with Gasteiger partial charge in [-0.3, -0.25) is 0 Å². The van der Waals surface area contributed by atoms with Gasteiger partial charge < -0.3 is 19.9 Å². The second-order valence-corrected chi connectivity index (χ2v) is 5.38. The Bertz CT molecular complexity index is 172. The lowest BCUT2D eigenvalue weighted by atomic mass is 10.2. The summed E-state index contributed by atoms with van der Waals surface area (Å²) < 4.78 is 10.4. The SMILES string of the molecule is COCC(C)OCC(O)CNCC(C)CSC. The minimum atomic E-state index is -0.448. The van der Waals surface area contributed by atoms with E-state index in [2.05, 4.69) is 18.5 Å². The molecule has 0 bridgehead atoms. The number of methoxy groups -OCH3 is 1. The minimum absolute atomic E-state index is 0.0325. The summed E-state index contributed by atoms with van der Waals surface area (Å²) in [6.07, 6.45) is 1.69. The van der Waals surface area contributed by atoms with Gasteiger partial charge in [0.05, 0.1) is 25.4 Å². The predicted octanol–water partition coefficient (Wildman–Crippen LogP) is 0.988. The van der Waals surface area contributed by atoms with E-state index in [1.165, 1.54) is 0 Å². The smallest absolute Gasteiger partial charge is 0.0897 e. The number of rotatable bonds is 11. The van der Waals surface area contributed by atoms with Gasteiger partial charge in [-0.25, -0.2) is 0 Å². The molecule has 5 heteroatoms. The van der Waals surface area contributed by atoms with Gasteiger partial charge >= 0.3 is 0 Å². The van der Waals surface area contributed by atoms with Crippen LogP contribution in [0.25, 0.3) is 0 Å². The highest BCUT2D eigenvalue weighted by molar-refractivity contribution is 7.98. The van der Waals surface area contributed by atoms with Crippen LogP contribution in [0.2, 0.25) is 0 Å². The predicted molar refractivity (Wildman–Crippen MR) is 73.7 cm³/mol. The van der Waals surface area contributed by atoms with Crippen LogP contribution < -0.4 is 5.32 Å². The Morgan fingerprint density at radius 2 is 1.94 bits per heavy atom. The van der Waals surface area contributed by atoms with Gasteiger partial charge in [0, 0.05) is 13.7 Å². The van der Waals surface area contributed by atoms with Gasteiger partial charge in [-0.2, -0.15) is 11.8 Å². The van der Waals surface area contributed by atoms with Gasteiger partial charge in [0.25, 0.3) is 0 Å². The first-order chi connectivity index (χ1) is 8.10. The molecule has 0 fully saturated rings. The van der Waals surface area contributed by atoms with Crippen LogP contribution in [0.1, 0.15) is 13.8 Å². The van der Waals surface area contributed by atoms with E-state index >= 15 is 0 Å². The molecule has 0 aliphatic heterocycles. The van der Waals surface area contributed by atoms with Crippen LogP contribution in [0.5, 0.6) is 0 Å². The lowest BCUT2D eigenvalue weighted by Crippen LogP contribution is -2.34. The average Bonchev–Trinajstić information content (AvgIpc) is 2.27. The molecule has 0 rings (SSSR count). The lowest BCUT2D eigenvalue weighted by Gasteiger charge is -2.17. The Kier molecular flexibility index (Phi) is 11.4. The maximum atomic E-state index is 9.68. The third-order valence-corrected chi connectivity index (χ3v) is 3.20. The molecule has 4 nitrogen and oxygen atoms in total. The molecule has 0 saturated carbocycles. The summed E-state index contributed by atoms with van der Waals surface area (Å²) in [4.78, 5) is 0. The van der Waals surface area contributed by atoms with Crippen molar-refractivity contribution in [3.8, 4) is 0 Å². The van der Waals surface area contributed by atoms with E-state index in [0.29, 0.717) is 25.7 Å². The van der Waals surface area contributed by atoms with Crippen LogP contribution in [-0.2, 0) is 9.47 Å². The zero-order valence-electron chi connectivity index (χ0n) is 11.4. The van der Waals surface area contributed by atoms with Crippen molar-refractivity contribution in [1.82, 2.24) is 5.32 Å². The first-order valence-corrected chi connectivity index (χ1v) is 7.47. The number of ether oxygens (including phenoxy) is 2. The fourth-order valence-corrected chi connectivity index (χ4v) is 2.14. The number of hydrogen-bond donors (Lipinski definition) is 2. The van der Waals surface area contributed by atoms with Crippen molar-refractivity contribution in [2.45, 2.75) is 26.1 Å². The first-order valence-electron chi connectivity index (χ1n) is 6.08. The molecule has 17 heavy (non-hydrogen) atoms. The molecule has 0 aliphatic carbocycles. The summed E-state index contributed by atoms with van der Waals surface area (Å²) in [6, 6.07) is 0. The molecule has 0 heterocycles. The molecule has 0 aromatic rings. The summed E-state index contributed by atoms with van der Waals surface area (Å²) in [6.45, 7) is 6.57. The van der Waals surface area contributed by atoms with Gasteiger partial charge in [-0.1, -0.05) is 6.92 Å². The Hall–Kier alpha value is 0.190. The van der Waals surface area contributed by atoms with Crippen molar-refractivity contribution in [2.24, 2.45) is 5.92 Å². The van der Waals surface area contributed by atoms with E-state index < -0.39 is 6.10 Å². The monoisotopic (exact) mass is 265 g/mol. The van der Waals surface area contributed by atoms with Crippen molar-refractivity contribution < 1.29 is 14.6 Å². The van der Waals surface area contributed by atoms with Crippen molar-refractivity contribution in [3.05, 3.63) is 0 Å². The second kappa shape index (κ2) is 11.3. The number of thioether (sulfide) groups is 1. The zero-order valence-corrected chi connectivity index (χ0v) is 12.3. The third kappa shape index (κ3) is 11.0. The van der Waals surface area contributed by atoms with E-state index in [0.717, 1.165) is 12.3 Å². The number of nitrogens with one attached hydrogen (secondary N) is 1. The molecule has 0 radical (unpaired) electrons. The summed E-state index contributed by atoms with van der Waals surface area (Å²) >= 11 is 1.85. The van der Waals surface area contributed by atoms with Gasteiger partial charge in [0.2, 0.25) is 0 Å². The third-order valence-electron chi connectivity index (χ3n) is 2.30. The lowest BCUT2D eigenvalue weighted by molar-refractivity contribution is -0.0311. The van der Waals surface area contributed by atoms with E-state index in [-0.39, 0.29) is 6.10 Å². The molecule has 3 unspecified atom stereocenters. The van der Waals surface area contributed by atoms with Crippen molar-refractivity contribution in [3.63, 3.8) is 0 Å². The van der Waals surface area contributed by atoms with Crippen LogP contribution in [0.3, 0.4) is 0 Å². The average molecular weight is 265 g/mol. The fraction of sp³-hybridized carbons (Fsp3) is 1.00. The van der Waals surface area contributed by atoms with Gasteiger partial charge in [-0.05, 0) is 31.4 Å². The summed E-state index contributed by atoms with van der Waals surface area (Å²) in [7, 11) is 1.64. The van der Waals surface area contributed by atoms with Crippen molar-refractivity contribution >= 4 is 11.8 Å². The molecular formula is C12H27NO3S. The van der Waals surface area contributed by atoms with Crippen LogP contribution in [0, 0.1) is 5.92 Å². The molecule has 0 aliphatic rings. The molecule has 0 aromatic heterocycles. The van der Waals surface area contributed by atoms with Gasteiger partial charge in [0.15, 0.2) is 0 Å². The van der Waals surface area contributed by atoms with E-state index in [9.17, 15) is 5.11 Å². The molecule has 0 saturated heterocycles. The number of hydrogen-bond acceptors (Lipinski definition) is 5.